The Balaban J connectivity index is 1.96. The molecule has 3 heterocycles. The maximum Gasteiger partial charge on any atom is 0.139 e. The van der Waals surface area contributed by atoms with Gasteiger partial charge in [0.2, 0.25) is 0 Å². The van der Waals surface area contributed by atoms with Crippen molar-refractivity contribution in [2.75, 3.05) is 5.32 Å². The lowest BCUT2D eigenvalue weighted by Gasteiger charge is -2.09. The molecule has 1 aliphatic rings. The van der Waals surface area contributed by atoms with Crippen LogP contribution in [0.1, 0.15) is 5.56 Å². The number of benzene rings is 1. The van der Waals surface area contributed by atoms with Crippen LogP contribution in [0.3, 0.4) is 0 Å². The van der Waals surface area contributed by atoms with Crippen molar-refractivity contribution in [2.24, 2.45) is 4.99 Å². The summed E-state index contributed by atoms with van der Waals surface area (Å²) in [5.41, 5.74) is 4.74. The summed E-state index contributed by atoms with van der Waals surface area (Å²) in [6.07, 6.45) is 5.35. The quantitative estimate of drug-likeness (QED) is 0.735. The molecule has 0 saturated carbocycles. The Labute approximate surface area is 122 Å². The van der Waals surface area contributed by atoms with E-state index in [1.165, 1.54) is 0 Å². The molecule has 0 atom stereocenters. The van der Waals surface area contributed by atoms with Crippen molar-refractivity contribution in [3.8, 4) is 11.3 Å². The van der Waals surface area contributed by atoms with Crippen molar-refractivity contribution in [2.45, 2.75) is 0 Å². The largest absolute Gasteiger partial charge is 0.338 e. The fourth-order valence-electron chi connectivity index (χ4n) is 2.41. The van der Waals surface area contributed by atoms with Gasteiger partial charge in [0.1, 0.15) is 5.84 Å². The van der Waals surface area contributed by atoms with E-state index in [1.54, 1.807) is 18.6 Å². The summed E-state index contributed by atoms with van der Waals surface area (Å²) in [7, 11) is 0. The minimum absolute atomic E-state index is 0.780. The number of aliphatic imine (C=N–C) groups is 1. The van der Waals surface area contributed by atoms with E-state index in [1.807, 2.05) is 48.5 Å². The van der Waals surface area contributed by atoms with Crippen LogP contribution in [0.4, 0.5) is 11.4 Å². The average molecular weight is 272 g/mol. The van der Waals surface area contributed by atoms with E-state index in [9.17, 15) is 0 Å². The van der Waals surface area contributed by atoms with Crippen LogP contribution in [-0.2, 0) is 0 Å². The first kappa shape index (κ1) is 11.8. The van der Waals surface area contributed by atoms with Gasteiger partial charge in [-0.15, -0.1) is 0 Å². The van der Waals surface area contributed by atoms with Gasteiger partial charge in [-0.05, 0) is 30.3 Å². The van der Waals surface area contributed by atoms with Gasteiger partial charge in [0, 0.05) is 29.7 Å². The molecule has 1 N–H and O–H groups in total. The van der Waals surface area contributed by atoms with Crippen LogP contribution in [0.25, 0.3) is 11.3 Å². The van der Waals surface area contributed by atoms with Crippen molar-refractivity contribution < 1.29 is 0 Å². The van der Waals surface area contributed by atoms with Gasteiger partial charge in [-0.1, -0.05) is 18.2 Å². The summed E-state index contributed by atoms with van der Waals surface area (Å²) in [6.45, 7) is 0. The normalized spacial score (nSPS) is 12.5. The van der Waals surface area contributed by atoms with Crippen molar-refractivity contribution in [3.63, 3.8) is 0 Å². The van der Waals surface area contributed by atoms with Gasteiger partial charge in [0.15, 0.2) is 0 Å². The molecule has 0 aliphatic carbocycles. The molecule has 3 aromatic rings. The lowest BCUT2D eigenvalue weighted by atomic mass is 10.1. The van der Waals surface area contributed by atoms with E-state index in [0.29, 0.717) is 0 Å². The third kappa shape index (κ3) is 2.07. The molecule has 4 nitrogen and oxygen atoms in total. The molecule has 0 amide bonds. The number of fused-ring (bicyclic) bond motifs is 3. The number of pyridine rings is 2. The summed E-state index contributed by atoms with van der Waals surface area (Å²) in [4.78, 5) is 13.4. The van der Waals surface area contributed by atoms with E-state index in [2.05, 4.69) is 15.3 Å². The van der Waals surface area contributed by atoms with Crippen LogP contribution in [0.15, 0.2) is 72.1 Å². The van der Waals surface area contributed by atoms with Crippen molar-refractivity contribution >= 4 is 17.2 Å². The number of para-hydroxylation sites is 1. The molecule has 0 spiro atoms. The molecule has 0 bridgehead atoms. The molecular weight excluding hydrogens is 260 g/mol. The lowest BCUT2D eigenvalue weighted by Crippen LogP contribution is -2.13. The second kappa shape index (κ2) is 4.83. The van der Waals surface area contributed by atoms with E-state index in [-0.39, 0.29) is 0 Å². The summed E-state index contributed by atoms with van der Waals surface area (Å²) >= 11 is 0. The van der Waals surface area contributed by atoms with Crippen LogP contribution in [0, 0.1) is 0 Å². The lowest BCUT2D eigenvalue weighted by molar-refractivity contribution is 1.31. The third-order valence-corrected chi connectivity index (χ3v) is 3.39. The maximum atomic E-state index is 4.75. The Morgan fingerprint density at radius 2 is 1.76 bits per heavy atom. The van der Waals surface area contributed by atoms with Gasteiger partial charge in [-0.2, -0.15) is 0 Å². The molecule has 0 fully saturated rings. The average Bonchev–Trinajstić information content (AvgIpc) is 2.72. The van der Waals surface area contributed by atoms with Crippen molar-refractivity contribution in [1.29, 1.82) is 0 Å². The van der Waals surface area contributed by atoms with Crippen LogP contribution in [0.2, 0.25) is 0 Å². The Morgan fingerprint density at radius 3 is 2.67 bits per heavy atom. The Morgan fingerprint density at radius 1 is 0.857 bits per heavy atom. The molecule has 21 heavy (non-hydrogen) atoms. The van der Waals surface area contributed by atoms with Crippen molar-refractivity contribution in [3.05, 3.63) is 72.7 Å². The Bertz CT molecular complexity index is 825. The second-order valence-corrected chi connectivity index (χ2v) is 4.74. The Hall–Kier alpha value is -3.01. The summed E-state index contributed by atoms with van der Waals surface area (Å²) in [6, 6.07) is 15.8. The smallest absolute Gasteiger partial charge is 0.139 e. The number of hydrogen-bond acceptors (Lipinski definition) is 4. The molecule has 0 unspecified atom stereocenters. The van der Waals surface area contributed by atoms with Gasteiger partial charge >= 0.3 is 0 Å². The minimum atomic E-state index is 0.780. The summed E-state index contributed by atoms with van der Waals surface area (Å²) in [5.74, 6) is 0.780. The first-order valence-corrected chi connectivity index (χ1v) is 6.72. The molecule has 100 valence electrons. The predicted molar refractivity (Wildman–Crippen MR) is 83.7 cm³/mol. The number of nitrogens with one attached hydrogen (secondary N) is 1. The standard InChI is InChI=1S/C17H12N4/c1-2-7-14-13(6-1)16-15(8-4-10-19-16)21-17(20-14)12-5-3-9-18-11-12/h1-11H,(H,20,21). The number of aromatic nitrogens is 2. The topological polar surface area (TPSA) is 50.2 Å². The third-order valence-electron chi connectivity index (χ3n) is 3.39. The maximum absolute atomic E-state index is 4.75. The SMILES string of the molecule is c1cncc(C2=Nc3ccccc3-c3ncccc3N2)c1. The molecule has 4 rings (SSSR count). The van der Waals surface area contributed by atoms with E-state index >= 15 is 0 Å². The van der Waals surface area contributed by atoms with Crippen LogP contribution in [0.5, 0.6) is 0 Å². The van der Waals surface area contributed by atoms with Gasteiger partial charge in [0.25, 0.3) is 0 Å². The number of anilines is 1. The van der Waals surface area contributed by atoms with Gasteiger partial charge in [-0.25, -0.2) is 4.99 Å². The molecule has 1 aromatic carbocycles. The summed E-state index contributed by atoms with van der Waals surface area (Å²) < 4.78 is 0. The monoisotopic (exact) mass is 272 g/mol. The van der Waals surface area contributed by atoms with Crippen LogP contribution < -0.4 is 5.32 Å². The highest BCUT2D eigenvalue weighted by Crippen LogP contribution is 2.36. The number of amidine groups is 1. The van der Waals surface area contributed by atoms with Crippen molar-refractivity contribution in [1.82, 2.24) is 9.97 Å². The number of nitrogens with zero attached hydrogens (tertiary/aromatic N) is 3. The zero-order valence-electron chi connectivity index (χ0n) is 11.2. The van der Waals surface area contributed by atoms with E-state index in [0.717, 1.165) is 34.0 Å². The highest BCUT2D eigenvalue weighted by molar-refractivity contribution is 6.12. The molecule has 0 saturated heterocycles. The van der Waals surface area contributed by atoms with E-state index in [4.69, 9.17) is 4.99 Å². The highest BCUT2D eigenvalue weighted by Gasteiger charge is 2.17. The molecular formula is C17H12N4. The molecule has 4 heteroatoms. The highest BCUT2D eigenvalue weighted by atomic mass is 15.0. The first-order valence-electron chi connectivity index (χ1n) is 6.72. The molecule has 2 aromatic heterocycles. The van der Waals surface area contributed by atoms with Gasteiger partial charge < -0.3 is 5.32 Å². The molecule has 1 aliphatic heterocycles. The zero-order chi connectivity index (χ0) is 14.1. The minimum Gasteiger partial charge on any atom is -0.338 e. The second-order valence-electron chi connectivity index (χ2n) is 4.74. The Kier molecular flexibility index (Phi) is 2.71. The summed E-state index contributed by atoms with van der Waals surface area (Å²) in [5, 5.41) is 3.37. The van der Waals surface area contributed by atoms with Crippen LogP contribution >= 0.6 is 0 Å². The fraction of sp³-hybridized carbons (Fsp3) is 0. The zero-order valence-corrected chi connectivity index (χ0v) is 11.2. The number of hydrogen-bond donors (Lipinski definition) is 1. The first-order chi connectivity index (χ1) is 10.4. The molecule has 0 radical (unpaired) electrons. The number of rotatable bonds is 1. The van der Waals surface area contributed by atoms with Gasteiger partial charge in [0.05, 0.1) is 17.1 Å². The van der Waals surface area contributed by atoms with Gasteiger partial charge in [-0.3, -0.25) is 9.97 Å². The fourth-order valence-corrected chi connectivity index (χ4v) is 2.41. The predicted octanol–water partition coefficient (Wildman–Crippen LogP) is 3.65. The van der Waals surface area contributed by atoms with E-state index < -0.39 is 0 Å². The van der Waals surface area contributed by atoms with Crippen LogP contribution in [-0.4, -0.2) is 15.8 Å².